The van der Waals surface area contributed by atoms with Crippen molar-refractivity contribution in [3.8, 4) is 11.5 Å². The zero-order chi connectivity index (χ0) is 32.7. The number of hydrogen-bond acceptors (Lipinski definition) is 8. The van der Waals surface area contributed by atoms with Crippen molar-refractivity contribution in [1.82, 2.24) is 5.32 Å². The maximum absolute atomic E-state index is 14.9. The fourth-order valence-electron chi connectivity index (χ4n) is 6.76. The molecule has 0 saturated heterocycles. The number of methoxy groups -OCH3 is 1. The van der Waals surface area contributed by atoms with Gasteiger partial charge >= 0.3 is 5.25 Å². The van der Waals surface area contributed by atoms with Crippen molar-refractivity contribution in [3.05, 3.63) is 47.8 Å². The van der Waals surface area contributed by atoms with E-state index >= 15 is 0 Å². The van der Waals surface area contributed by atoms with E-state index in [4.69, 9.17) is 9.47 Å². The van der Waals surface area contributed by atoms with Crippen LogP contribution in [0.25, 0.3) is 0 Å². The molecule has 3 N–H and O–H groups in total. The van der Waals surface area contributed by atoms with Crippen molar-refractivity contribution >= 4 is 33.6 Å². The van der Waals surface area contributed by atoms with Gasteiger partial charge in [0.15, 0.2) is 17.9 Å². The summed E-state index contributed by atoms with van der Waals surface area (Å²) < 4.78 is 78.0. The van der Waals surface area contributed by atoms with Gasteiger partial charge < -0.3 is 30.0 Å². The van der Waals surface area contributed by atoms with Gasteiger partial charge in [0, 0.05) is 24.7 Å². The molecule has 3 aliphatic rings. The first kappa shape index (κ1) is 32.7. The summed E-state index contributed by atoms with van der Waals surface area (Å²) in [7, 11) is -3.68. The standard InChI is InChI=1S/C31H35F3N2O8S/c1-30(33,34)45(41,42)21-5-3-4-19(13-21)35-29(39)26-17-6-7-18(12-17)27(26)36-28(38)22-14-25(23(32)15-24(22)43-2)44-20-8-10-31(40,16-37)11-9-20/h3-5,13-18,20,26-27,40H,6-12H2,1-2H3,(H,35,39)(H,36,38)/t17-,18+,20?,26-,27+,31?/m0/s1. The average molecular weight is 653 g/mol. The van der Waals surface area contributed by atoms with Crippen molar-refractivity contribution in [1.29, 1.82) is 0 Å². The number of benzene rings is 2. The summed E-state index contributed by atoms with van der Waals surface area (Å²) in [5.41, 5.74) is -1.43. The quantitative estimate of drug-likeness (QED) is 0.323. The van der Waals surface area contributed by atoms with E-state index in [1.165, 1.54) is 25.3 Å². The largest absolute Gasteiger partial charge is 0.496 e. The molecule has 0 radical (unpaired) electrons. The first-order valence-electron chi connectivity index (χ1n) is 14.7. The van der Waals surface area contributed by atoms with E-state index in [2.05, 4.69) is 10.6 Å². The Hall–Kier alpha value is -3.65. The van der Waals surface area contributed by atoms with Crippen molar-refractivity contribution in [2.24, 2.45) is 17.8 Å². The third kappa shape index (κ3) is 6.53. The van der Waals surface area contributed by atoms with E-state index in [0.717, 1.165) is 31.0 Å². The number of anilines is 1. The number of rotatable bonds is 10. The molecule has 14 heteroatoms. The summed E-state index contributed by atoms with van der Waals surface area (Å²) in [6.45, 7) is 0.284. The van der Waals surface area contributed by atoms with E-state index in [-0.39, 0.29) is 54.4 Å². The second kappa shape index (κ2) is 12.3. The van der Waals surface area contributed by atoms with Crippen molar-refractivity contribution in [3.63, 3.8) is 0 Å². The van der Waals surface area contributed by atoms with Gasteiger partial charge in [0.1, 0.15) is 11.4 Å². The summed E-state index contributed by atoms with van der Waals surface area (Å²) in [6, 6.07) is 6.29. The molecule has 3 aliphatic carbocycles. The molecule has 2 bridgehead atoms. The van der Waals surface area contributed by atoms with Crippen molar-refractivity contribution in [2.75, 3.05) is 12.4 Å². The zero-order valence-corrected chi connectivity index (χ0v) is 25.5. The lowest BCUT2D eigenvalue weighted by molar-refractivity contribution is -0.128. The first-order valence-corrected chi connectivity index (χ1v) is 16.2. The highest BCUT2D eigenvalue weighted by Gasteiger charge is 2.51. The second-order valence-corrected chi connectivity index (χ2v) is 14.4. The first-order chi connectivity index (χ1) is 21.2. The smallest absolute Gasteiger partial charge is 0.347 e. The van der Waals surface area contributed by atoms with Gasteiger partial charge in [-0.05, 0) is 81.0 Å². The number of fused-ring (bicyclic) bond motifs is 2. The Morgan fingerprint density at radius 3 is 2.40 bits per heavy atom. The monoisotopic (exact) mass is 652 g/mol. The van der Waals surface area contributed by atoms with Gasteiger partial charge in [-0.3, -0.25) is 9.59 Å². The Kier molecular flexibility index (Phi) is 8.93. The molecule has 2 amide bonds. The van der Waals surface area contributed by atoms with Gasteiger partial charge in [-0.15, -0.1) is 0 Å². The Balaban J connectivity index is 1.33. The van der Waals surface area contributed by atoms with Gasteiger partial charge in [-0.25, -0.2) is 12.8 Å². The molecule has 4 atom stereocenters. The van der Waals surface area contributed by atoms with E-state index in [0.29, 0.717) is 25.5 Å². The van der Waals surface area contributed by atoms with Crippen LogP contribution < -0.4 is 20.1 Å². The van der Waals surface area contributed by atoms with Gasteiger partial charge in [0.2, 0.25) is 15.7 Å². The normalized spacial score (nSPS) is 27.9. The number of halogens is 3. The fourth-order valence-corrected chi connectivity index (χ4v) is 7.71. The number of alkyl halides is 2. The molecule has 3 fully saturated rings. The molecule has 2 aromatic carbocycles. The number of nitrogens with one attached hydrogen (secondary N) is 2. The topological polar surface area (TPSA) is 148 Å². The fraction of sp³-hybridized carbons (Fsp3) is 0.516. The minimum Gasteiger partial charge on any atom is -0.496 e. The van der Waals surface area contributed by atoms with Crippen LogP contribution in [0.3, 0.4) is 0 Å². The van der Waals surface area contributed by atoms with Crippen LogP contribution >= 0.6 is 0 Å². The molecule has 0 unspecified atom stereocenters. The Labute approximate surface area is 258 Å². The molecule has 10 nitrogen and oxygen atoms in total. The van der Waals surface area contributed by atoms with Gasteiger partial charge in [0.05, 0.1) is 29.6 Å². The predicted molar refractivity (Wildman–Crippen MR) is 155 cm³/mol. The molecular formula is C31H35F3N2O8S. The highest BCUT2D eigenvalue weighted by Crippen LogP contribution is 2.49. The molecule has 0 aromatic heterocycles. The van der Waals surface area contributed by atoms with Crippen molar-refractivity contribution < 1.29 is 50.6 Å². The number of carbonyl (C=O) groups excluding carboxylic acids is 3. The Bertz CT molecular complexity index is 1590. The number of sulfone groups is 1. The molecule has 0 spiro atoms. The number of ether oxygens (including phenoxy) is 2. The lowest BCUT2D eigenvalue weighted by atomic mass is 9.83. The van der Waals surface area contributed by atoms with E-state index < -0.39 is 61.3 Å². The van der Waals surface area contributed by atoms with Crippen LogP contribution in [-0.4, -0.2) is 61.7 Å². The second-order valence-electron chi connectivity index (χ2n) is 12.2. The number of amides is 2. The maximum Gasteiger partial charge on any atom is 0.347 e. The number of hydrogen-bond donors (Lipinski definition) is 3. The van der Waals surface area contributed by atoms with Crippen molar-refractivity contribution in [2.45, 2.75) is 79.8 Å². The third-order valence-electron chi connectivity index (χ3n) is 9.21. The molecule has 0 aliphatic heterocycles. The average Bonchev–Trinajstić information content (AvgIpc) is 3.61. The maximum atomic E-state index is 14.9. The summed E-state index contributed by atoms with van der Waals surface area (Å²) in [4.78, 5) is 37.6. The molecular weight excluding hydrogens is 617 g/mol. The number of aldehydes is 1. The lowest BCUT2D eigenvalue weighted by Gasteiger charge is -2.32. The van der Waals surface area contributed by atoms with Gasteiger partial charge in [-0.1, -0.05) is 6.07 Å². The SMILES string of the molecule is COc1cc(F)c(OC2CCC(O)(C=O)CC2)cc1C(=O)N[C@@H]1[C@@H]2CC[C@@H](C2)[C@@H]1C(=O)Nc1cccc(S(=O)(=O)C(C)(F)F)c1. The van der Waals surface area contributed by atoms with Crippen LogP contribution in [0, 0.1) is 23.6 Å². The lowest BCUT2D eigenvalue weighted by Crippen LogP contribution is -2.48. The summed E-state index contributed by atoms with van der Waals surface area (Å²) >= 11 is 0. The molecule has 2 aromatic rings. The van der Waals surface area contributed by atoms with Crippen LogP contribution in [0.1, 0.15) is 62.2 Å². The highest BCUT2D eigenvalue weighted by molar-refractivity contribution is 7.92. The summed E-state index contributed by atoms with van der Waals surface area (Å²) in [6.07, 6.45) is 3.11. The molecule has 3 saturated carbocycles. The van der Waals surface area contributed by atoms with Crippen LogP contribution in [0.15, 0.2) is 41.3 Å². The third-order valence-corrected chi connectivity index (χ3v) is 11.0. The van der Waals surface area contributed by atoms with Crippen LogP contribution in [0.4, 0.5) is 18.9 Å². The molecule has 45 heavy (non-hydrogen) atoms. The molecule has 5 rings (SSSR count). The Morgan fingerprint density at radius 1 is 1.07 bits per heavy atom. The van der Waals surface area contributed by atoms with Crippen LogP contribution in [0.5, 0.6) is 11.5 Å². The van der Waals surface area contributed by atoms with E-state index in [1.54, 1.807) is 0 Å². The van der Waals surface area contributed by atoms with Gasteiger partial charge in [0.25, 0.3) is 5.91 Å². The molecule has 244 valence electrons. The summed E-state index contributed by atoms with van der Waals surface area (Å²) in [5, 5.41) is 11.7. The van der Waals surface area contributed by atoms with Crippen LogP contribution in [0.2, 0.25) is 0 Å². The minimum atomic E-state index is -4.96. The molecule has 0 heterocycles. The Morgan fingerprint density at radius 2 is 1.76 bits per heavy atom. The minimum absolute atomic E-state index is 0.0190. The number of aliphatic hydroxyl groups is 1. The highest BCUT2D eigenvalue weighted by atomic mass is 32.2. The number of carbonyl (C=O) groups is 3. The zero-order valence-electron chi connectivity index (χ0n) is 24.7. The van der Waals surface area contributed by atoms with Crippen LogP contribution in [-0.2, 0) is 19.4 Å². The van der Waals surface area contributed by atoms with E-state index in [1.807, 2.05) is 0 Å². The van der Waals surface area contributed by atoms with E-state index in [9.17, 15) is 41.1 Å². The summed E-state index contributed by atoms with van der Waals surface area (Å²) in [5.74, 6) is -2.91. The van der Waals surface area contributed by atoms with Gasteiger partial charge in [-0.2, -0.15) is 8.78 Å². The predicted octanol–water partition coefficient (Wildman–Crippen LogP) is 4.26.